The number of nitrogens with zero attached hydrogens (tertiary/aromatic N) is 1. The molecule has 0 bridgehead atoms. The molecule has 2 amide bonds. The van der Waals surface area contributed by atoms with E-state index in [1.807, 2.05) is 18.2 Å². The zero-order valence-corrected chi connectivity index (χ0v) is 17.1. The number of phenolic OH excluding ortho intramolecular Hbond substituents is 1. The Bertz CT molecular complexity index is 917. The van der Waals surface area contributed by atoms with Gasteiger partial charge in [-0.1, -0.05) is 42.5 Å². The van der Waals surface area contributed by atoms with Gasteiger partial charge in [-0.25, -0.2) is 4.79 Å². The van der Waals surface area contributed by atoms with E-state index in [0.29, 0.717) is 19.4 Å². The van der Waals surface area contributed by atoms with Crippen molar-refractivity contribution in [3.05, 3.63) is 65.7 Å². The van der Waals surface area contributed by atoms with E-state index in [-0.39, 0.29) is 24.5 Å². The van der Waals surface area contributed by atoms with Gasteiger partial charge in [0.05, 0.1) is 6.04 Å². The Morgan fingerprint density at radius 1 is 1.03 bits per heavy atom. The van der Waals surface area contributed by atoms with E-state index in [9.17, 15) is 24.6 Å². The predicted molar refractivity (Wildman–Crippen MR) is 114 cm³/mol. The summed E-state index contributed by atoms with van der Waals surface area (Å²) in [6.07, 6.45) is 1.53. The Kier molecular flexibility index (Phi) is 7.25. The number of hydrogen-bond donors (Lipinski definition) is 4. The lowest BCUT2D eigenvalue weighted by atomic mass is 10.0. The average molecular weight is 425 g/mol. The van der Waals surface area contributed by atoms with E-state index < -0.39 is 30.0 Å². The minimum Gasteiger partial charge on any atom is -0.508 e. The number of rotatable bonds is 8. The minimum absolute atomic E-state index is 0.128. The van der Waals surface area contributed by atoms with E-state index in [4.69, 9.17) is 5.73 Å². The Labute approximate surface area is 180 Å². The van der Waals surface area contributed by atoms with Crippen molar-refractivity contribution in [2.75, 3.05) is 6.54 Å². The van der Waals surface area contributed by atoms with Crippen LogP contribution < -0.4 is 11.1 Å². The van der Waals surface area contributed by atoms with Gasteiger partial charge >= 0.3 is 5.97 Å². The van der Waals surface area contributed by atoms with Crippen LogP contribution in [0.15, 0.2) is 54.6 Å². The second kappa shape index (κ2) is 10.1. The Morgan fingerprint density at radius 2 is 1.68 bits per heavy atom. The molecule has 0 aromatic heterocycles. The first-order chi connectivity index (χ1) is 14.8. The Hall–Kier alpha value is -3.39. The van der Waals surface area contributed by atoms with Gasteiger partial charge in [0, 0.05) is 13.0 Å². The number of likely N-dealkylation sites (tertiary alicyclic amines) is 1. The molecule has 1 heterocycles. The van der Waals surface area contributed by atoms with Crippen LogP contribution in [0.1, 0.15) is 24.0 Å². The fourth-order valence-corrected chi connectivity index (χ4v) is 3.81. The molecule has 0 saturated carbocycles. The summed E-state index contributed by atoms with van der Waals surface area (Å²) in [4.78, 5) is 38.9. The monoisotopic (exact) mass is 425 g/mol. The highest BCUT2D eigenvalue weighted by atomic mass is 16.4. The van der Waals surface area contributed by atoms with Gasteiger partial charge < -0.3 is 26.2 Å². The summed E-state index contributed by atoms with van der Waals surface area (Å²) >= 11 is 0. The zero-order valence-electron chi connectivity index (χ0n) is 17.1. The molecule has 0 radical (unpaired) electrons. The van der Waals surface area contributed by atoms with Crippen LogP contribution in [-0.2, 0) is 27.2 Å². The zero-order chi connectivity index (χ0) is 22.4. The van der Waals surface area contributed by atoms with E-state index in [2.05, 4.69) is 5.32 Å². The number of carboxylic acid groups (broad SMARTS) is 1. The van der Waals surface area contributed by atoms with Gasteiger partial charge in [0.1, 0.15) is 17.8 Å². The lowest BCUT2D eigenvalue weighted by Crippen LogP contribution is -2.54. The maximum Gasteiger partial charge on any atom is 0.326 e. The molecule has 5 N–H and O–H groups in total. The number of hydrogen-bond acceptors (Lipinski definition) is 5. The van der Waals surface area contributed by atoms with Crippen molar-refractivity contribution < 1.29 is 24.6 Å². The van der Waals surface area contributed by atoms with Crippen LogP contribution in [0.5, 0.6) is 5.75 Å². The van der Waals surface area contributed by atoms with Gasteiger partial charge in [-0.15, -0.1) is 0 Å². The van der Waals surface area contributed by atoms with Crippen LogP contribution in [0.4, 0.5) is 0 Å². The number of aromatic hydroxyl groups is 1. The normalized spacial score (nSPS) is 17.7. The van der Waals surface area contributed by atoms with Crippen molar-refractivity contribution in [2.24, 2.45) is 5.73 Å². The predicted octanol–water partition coefficient (Wildman–Crippen LogP) is 1.07. The SMILES string of the molecule is N[C@@H](Cc1ccc(O)cc1)C(=O)N1CCC[C@@H]1C(=O)N[C@@H](Cc1ccccc1)C(=O)O. The summed E-state index contributed by atoms with van der Waals surface area (Å²) in [7, 11) is 0. The summed E-state index contributed by atoms with van der Waals surface area (Å²) in [5.41, 5.74) is 7.70. The highest BCUT2D eigenvalue weighted by Gasteiger charge is 2.37. The molecule has 1 aliphatic rings. The molecule has 164 valence electrons. The first-order valence-corrected chi connectivity index (χ1v) is 10.3. The topological polar surface area (TPSA) is 133 Å². The van der Waals surface area contributed by atoms with Crippen LogP contribution >= 0.6 is 0 Å². The third kappa shape index (κ3) is 5.82. The van der Waals surface area contributed by atoms with E-state index in [0.717, 1.165) is 11.1 Å². The minimum atomic E-state index is -1.13. The van der Waals surface area contributed by atoms with Crippen molar-refractivity contribution in [1.29, 1.82) is 0 Å². The highest BCUT2D eigenvalue weighted by Crippen LogP contribution is 2.20. The third-order valence-electron chi connectivity index (χ3n) is 5.44. The first kappa shape index (κ1) is 22.3. The van der Waals surface area contributed by atoms with Crippen LogP contribution in [0.2, 0.25) is 0 Å². The van der Waals surface area contributed by atoms with E-state index >= 15 is 0 Å². The number of benzene rings is 2. The van der Waals surface area contributed by atoms with Crippen LogP contribution in [-0.4, -0.2) is 57.6 Å². The fourth-order valence-electron chi connectivity index (χ4n) is 3.81. The maximum absolute atomic E-state index is 12.9. The lowest BCUT2D eigenvalue weighted by molar-refractivity contribution is -0.144. The molecule has 2 aromatic carbocycles. The largest absolute Gasteiger partial charge is 0.508 e. The molecule has 2 aromatic rings. The fraction of sp³-hybridized carbons (Fsp3) is 0.348. The molecule has 31 heavy (non-hydrogen) atoms. The number of carboxylic acids is 1. The number of carbonyl (C=O) groups is 3. The number of nitrogens with one attached hydrogen (secondary N) is 1. The summed E-state index contributed by atoms with van der Waals surface area (Å²) in [6.45, 7) is 0.399. The summed E-state index contributed by atoms with van der Waals surface area (Å²) < 4.78 is 0. The standard InChI is InChI=1S/C23H27N3O5/c24-18(13-16-8-10-17(27)11-9-16)22(29)26-12-4-7-20(26)21(28)25-19(23(30)31)14-15-5-2-1-3-6-15/h1-3,5-6,8-11,18-20,27H,4,7,12-14,24H2,(H,25,28)(H,30,31)/t18-,19-,20+/m0/s1. The van der Waals surface area contributed by atoms with Crippen LogP contribution in [0.3, 0.4) is 0 Å². The van der Waals surface area contributed by atoms with Gasteiger partial charge in [-0.05, 0) is 42.5 Å². The first-order valence-electron chi connectivity index (χ1n) is 10.3. The molecule has 1 aliphatic heterocycles. The maximum atomic E-state index is 12.9. The number of nitrogens with two attached hydrogens (primary N) is 1. The van der Waals surface area contributed by atoms with Crippen molar-refractivity contribution in [3.8, 4) is 5.75 Å². The van der Waals surface area contributed by atoms with E-state index in [1.165, 1.54) is 17.0 Å². The van der Waals surface area contributed by atoms with Gasteiger partial charge in [0.2, 0.25) is 11.8 Å². The van der Waals surface area contributed by atoms with Gasteiger partial charge in [-0.2, -0.15) is 0 Å². The molecular weight excluding hydrogens is 398 g/mol. The molecule has 0 aliphatic carbocycles. The van der Waals surface area contributed by atoms with Crippen LogP contribution in [0, 0.1) is 0 Å². The number of carbonyl (C=O) groups excluding carboxylic acids is 2. The smallest absolute Gasteiger partial charge is 0.326 e. The van der Waals surface area contributed by atoms with Crippen molar-refractivity contribution in [1.82, 2.24) is 10.2 Å². The van der Waals surface area contributed by atoms with Crippen molar-refractivity contribution in [2.45, 2.75) is 43.8 Å². The van der Waals surface area contributed by atoms with Crippen LogP contribution in [0.25, 0.3) is 0 Å². The molecule has 3 atom stereocenters. The van der Waals surface area contributed by atoms with Crippen molar-refractivity contribution >= 4 is 17.8 Å². The molecule has 1 fully saturated rings. The molecule has 0 unspecified atom stereocenters. The Morgan fingerprint density at radius 3 is 2.32 bits per heavy atom. The highest BCUT2D eigenvalue weighted by molar-refractivity contribution is 5.92. The number of phenols is 1. The molecule has 3 rings (SSSR count). The van der Waals surface area contributed by atoms with Gasteiger partial charge in [0.15, 0.2) is 0 Å². The lowest BCUT2D eigenvalue weighted by Gasteiger charge is -2.28. The third-order valence-corrected chi connectivity index (χ3v) is 5.44. The van der Waals surface area contributed by atoms with Gasteiger partial charge in [-0.3, -0.25) is 9.59 Å². The summed E-state index contributed by atoms with van der Waals surface area (Å²) in [6, 6.07) is 12.8. The van der Waals surface area contributed by atoms with E-state index in [1.54, 1.807) is 24.3 Å². The quantitative estimate of drug-likeness (QED) is 0.500. The summed E-state index contributed by atoms with van der Waals surface area (Å²) in [5, 5.41) is 21.5. The molecular formula is C23H27N3O5. The average Bonchev–Trinajstić information content (AvgIpc) is 3.25. The van der Waals surface area contributed by atoms with Gasteiger partial charge in [0.25, 0.3) is 0 Å². The molecule has 8 nitrogen and oxygen atoms in total. The number of aliphatic carboxylic acids is 1. The second-order valence-corrected chi connectivity index (χ2v) is 7.76. The van der Waals surface area contributed by atoms with Crippen molar-refractivity contribution in [3.63, 3.8) is 0 Å². The summed E-state index contributed by atoms with van der Waals surface area (Å²) in [5.74, 6) is -1.83. The number of amides is 2. The second-order valence-electron chi connectivity index (χ2n) is 7.76. The Balaban J connectivity index is 1.63. The molecule has 1 saturated heterocycles. The molecule has 8 heteroatoms. The molecule has 0 spiro atoms.